The Kier molecular flexibility index (Phi) is 2.74. The molecule has 4 heteroatoms. The molecule has 0 saturated heterocycles. The first-order valence-electron chi connectivity index (χ1n) is 7.49. The summed E-state index contributed by atoms with van der Waals surface area (Å²) in [5.74, 6) is 2.38. The van der Waals surface area contributed by atoms with Gasteiger partial charge in [-0.2, -0.15) is 0 Å². The van der Waals surface area contributed by atoms with E-state index in [1.807, 2.05) is 18.2 Å². The summed E-state index contributed by atoms with van der Waals surface area (Å²) >= 11 is 0. The van der Waals surface area contributed by atoms with E-state index in [4.69, 9.17) is 4.74 Å². The fourth-order valence-corrected chi connectivity index (χ4v) is 4.02. The molecule has 1 aromatic rings. The van der Waals surface area contributed by atoms with Crippen molar-refractivity contribution in [3.05, 3.63) is 23.8 Å². The maximum Gasteiger partial charge on any atom is 0.262 e. The number of amides is 1. The minimum atomic E-state index is -0.410. The van der Waals surface area contributed by atoms with E-state index < -0.39 is 6.10 Å². The van der Waals surface area contributed by atoms with E-state index in [9.17, 15) is 9.90 Å². The molecule has 4 nitrogen and oxygen atoms in total. The highest BCUT2D eigenvalue weighted by molar-refractivity contribution is 5.95. The van der Waals surface area contributed by atoms with Gasteiger partial charge in [0.1, 0.15) is 5.75 Å². The number of aliphatic hydroxyl groups excluding tert-OH is 1. The highest BCUT2D eigenvalue weighted by Gasteiger charge is 2.54. The molecule has 0 bridgehead atoms. The van der Waals surface area contributed by atoms with E-state index in [1.165, 1.54) is 25.7 Å². The summed E-state index contributed by atoms with van der Waals surface area (Å²) in [6.07, 6.45) is 4.72. The van der Waals surface area contributed by atoms with E-state index >= 15 is 0 Å². The molecule has 2 saturated carbocycles. The largest absolute Gasteiger partial charge is 0.482 e. The minimum absolute atomic E-state index is 0.0711. The summed E-state index contributed by atoms with van der Waals surface area (Å²) in [5.41, 5.74) is 1.58. The van der Waals surface area contributed by atoms with Crippen molar-refractivity contribution in [2.24, 2.45) is 17.8 Å². The summed E-state index contributed by atoms with van der Waals surface area (Å²) in [4.78, 5) is 11.4. The highest BCUT2D eigenvalue weighted by atomic mass is 16.5. The van der Waals surface area contributed by atoms with Crippen LogP contribution in [0.5, 0.6) is 5.75 Å². The lowest BCUT2D eigenvalue weighted by molar-refractivity contribution is -0.118. The van der Waals surface area contributed by atoms with Crippen LogP contribution in [0.4, 0.5) is 5.69 Å². The first-order valence-corrected chi connectivity index (χ1v) is 7.49. The molecule has 1 heterocycles. The molecule has 0 spiro atoms. The molecule has 0 radical (unpaired) electrons. The quantitative estimate of drug-likeness (QED) is 0.870. The van der Waals surface area contributed by atoms with Crippen LogP contribution in [0, 0.1) is 17.8 Å². The van der Waals surface area contributed by atoms with Crippen LogP contribution in [0.25, 0.3) is 0 Å². The molecule has 20 heavy (non-hydrogen) atoms. The molecule has 1 amide bonds. The lowest BCUT2D eigenvalue weighted by Crippen LogP contribution is -2.25. The molecular formula is C16H19NO3. The van der Waals surface area contributed by atoms with Crippen LogP contribution in [0.1, 0.15) is 37.4 Å². The Balaban J connectivity index is 1.56. The molecule has 1 aromatic carbocycles. The minimum Gasteiger partial charge on any atom is -0.482 e. The van der Waals surface area contributed by atoms with Crippen molar-refractivity contribution >= 4 is 11.6 Å². The second-order valence-corrected chi connectivity index (χ2v) is 6.23. The topological polar surface area (TPSA) is 58.6 Å². The van der Waals surface area contributed by atoms with Gasteiger partial charge in [0, 0.05) is 0 Å². The van der Waals surface area contributed by atoms with Gasteiger partial charge in [-0.25, -0.2) is 0 Å². The van der Waals surface area contributed by atoms with Crippen LogP contribution in [0.3, 0.4) is 0 Å². The van der Waals surface area contributed by atoms with E-state index in [1.54, 1.807) is 0 Å². The number of fused-ring (bicyclic) bond motifs is 2. The van der Waals surface area contributed by atoms with Gasteiger partial charge in [-0.05, 0) is 48.3 Å². The van der Waals surface area contributed by atoms with E-state index in [0.717, 1.165) is 5.56 Å². The van der Waals surface area contributed by atoms with Gasteiger partial charge in [0.15, 0.2) is 6.61 Å². The SMILES string of the molecule is O=C1COc2ccc(C(O)C3C4CCCCC43)cc2N1. The van der Waals surface area contributed by atoms with Crippen molar-refractivity contribution < 1.29 is 14.6 Å². The third-order valence-electron chi connectivity index (χ3n) is 5.07. The molecule has 106 valence electrons. The van der Waals surface area contributed by atoms with Crippen LogP contribution < -0.4 is 10.1 Å². The van der Waals surface area contributed by atoms with Crippen molar-refractivity contribution in [1.29, 1.82) is 0 Å². The molecule has 3 aliphatic rings. The number of benzene rings is 1. The normalized spacial score (nSPS) is 32.5. The van der Waals surface area contributed by atoms with Gasteiger partial charge in [0.2, 0.25) is 0 Å². The lowest BCUT2D eigenvalue weighted by Gasteiger charge is -2.20. The summed E-state index contributed by atoms with van der Waals surface area (Å²) in [6, 6.07) is 5.63. The number of rotatable bonds is 2. The number of carbonyl (C=O) groups is 1. The zero-order valence-corrected chi connectivity index (χ0v) is 11.3. The van der Waals surface area contributed by atoms with Crippen LogP contribution in [0.2, 0.25) is 0 Å². The summed E-state index contributed by atoms with van der Waals surface area (Å²) in [7, 11) is 0. The van der Waals surface area contributed by atoms with Crippen LogP contribution in [0.15, 0.2) is 18.2 Å². The molecule has 3 unspecified atom stereocenters. The first-order chi connectivity index (χ1) is 9.74. The first kappa shape index (κ1) is 12.2. The maximum atomic E-state index is 11.4. The van der Waals surface area contributed by atoms with Crippen LogP contribution >= 0.6 is 0 Å². The number of nitrogens with one attached hydrogen (secondary N) is 1. The Hall–Kier alpha value is -1.55. The predicted molar refractivity (Wildman–Crippen MR) is 74.5 cm³/mol. The molecule has 4 rings (SSSR count). The number of anilines is 1. The highest BCUT2D eigenvalue weighted by Crippen LogP contribution is 2.60. The third-order valence-corrected chi connectivity index (χ3v) is 5.07. The second-order valence-electron chi connectivity index (χ2n) is 6.23. The number of hydrogen-bond acceptors (Lipinski definition) is 3. The standard InChI is InChI=1S/C16H19NO3/c18-14-8-20-13-6-5-9(7-12(13)17-14)16(19)15-10-3-1-2-4-11(10)15/h5-7,10-11,15-16,19H,1-4,8H2,(H,17,18). The zero-order valence-electron chi connectivity index (χ0n) is 11.3. The molecule has 2 fully saturated rings. The van der Waals surface area contributed by atoms with Gasteiger partial charge in [-0.15, -0.1) is 0 Å². The Labute approximate surface area is 118 Å². The van der Waals surface area contributed by atoms with Crippen molar-refractivity contribution in [3.63, 3.8) is 0 Å². The van der Waals surface area contributed by atoms with Gasteiger partial charge >= 0.3 is 0 Å². The Morgan fingerprint density at radius 3 is 2.75 bits per heavy atom. The van der Waals surface area contributed by atoms with E-state index in [0.29, 0.717) is 29.2 Å². The van der Waals surface area contributed by atoms with Gasteiger partial charge in [0.05, 0.1) is 11.8 Å². The Bertz CT molecular complexity index is 545. The Morgan fingerprint density at radius 2 is 2.00 bits per heavy atom. The number of carbonyl (C=O) groups excluding carboxylic acids is 1. The average Bonchev–Trinajstić information content (AvgIpc) is 3.20. The fourth-order valence-electron chi connectivity index (χ4n) is 4.02. The van der Waals surface area contributed by atoms with Crippen molar-refractivity contribution in [1.82, 2.24) is 0 Å². The number of hydrogen-bond donors (Lipinski definition) is 2. The molecule has 2 aliphatic carbocycles. The number of ether oxygens (including phenoxy) is 1. The van der Waals surface area contributed by atoms with E-state index in [2.05, 4.69) is 5.32 Å². The maximum absolute atomic E-state index is 11.4. The second kappa shape index (κ2) is 4.48. The van der Waals surface area contributed by atoms with Crippen molar-refractivity contribution in [2.45, 2.75) is 31.8 Å². The van der Waals surface area contributed by atoms with Crippen molar-refractivity contribution in [2.75, 3.05) is 11.9 Å². The number of aliphatic hydroxyl groups is 1. The van der Waals surface area contributed by atoms with Crippen molar-refractivity contribution in [3.8, 4) is 5.75 Å². The average molecular weight is 273 g/mol. The summed E-state index contributed by atoms with van der Waals surface area (Å²) in [5, 5.41) is 13.4. The molecule has 0 aromatic heterocycles. The van der Waals surface area contributed by atoms with Crippen LogP contribution in [-0.4, -0.2) is 17.6 Å². The monoisotopic (exact) mass is 273 g/mol. The molecular weight excluding hydrogens is 254 g/mol. The van der Waals surface area contributed by atoms with Gasteiger partial charge in [-0.3, -0.25) is 4.79 Å². The van der Waals surface area contributed by atoms with Gasteiger partial charge < -0.3 is 15.2 Å². The molecule has 3 atom stereocenters. The Morgan fingerprint density at radius 1 is 1.25 bits per heavy atom. The summed E-state index contributed by atoms with van der Waals surface area (Å²) in [6.45, 7) is 0.0711. The van der Waals surface area contributed by atoms with E-state index in [-0.39, 0.29) is 12.5 Å². The smallest absolute Gasteiger partial charge is 0.262 e. The fraction of sp³-hybridized carbons (Fsp3) is 0.562. The lowest BCUT2D eigenvalue weighted by atomic mass is 10.0. The van der Waals surface area contributed by atoms with Crippen LogP contribution in [-0.2, 0) is 4.79 Å². The van der Waals surface area contributed by atoms with Gasteiger partial charge in [-0.1, -0.05) is 18.9 Å². The molecule has 1 aliphatic heterocycles. The third kappa shape index (κ3) is 1.90. The summed E-state index contributed by atoms with van der Waals surface area (Å²) < 4.78 is 5.35. The van der Waals surface area contributed by atoms with Gasteiger partial charge in [0.25, 0.3) is 5.91 Å². The predicted octanol–water partition coefficient (Wildman–Crippen LogP) is 2.49. The molecule has 2 N–H and O–H groups in total. The zero-order chi connectivity index (χ0) is 13.7.